The van der Waals surface area contributed by atoms with E-state index in [1.165, 1.54) is 31.0 Å². The normalized spacial score (nSPS) is 19.3. The molecule has 0 unspecified atom stereocenters. The maximum absolute atomic E-state index is 13.5. The minimum atomic E-state index is -0.0992. The molecule has 0 N–H and O–H groups in total. The Bertz CT molecular complexity index is 880. The molecule has 1 atom stereocenters. The second-order valence-corrected chi connectivity index (χ2v) is 10.4. The summed E-state index contributed by atoms with van der Waals surface area (Å²) < 4.78 is 0.579. The number of amides is 2. The summed E-state index contributed by atoms with van der Waals surface area (Å²) in [6.07, 6.45) is 10.2. The summed E-state index contributed by atoms with van der Waals surface area (Å²) in [4.78, 5) is 31.0. The van der Waals surface area contributed by atoms with Crippen LogP contribution in [-0.2, 0) is 9.59 Å². The molecule has 0 spiro atoms. The lowest BCUT2D eigenvalue weighted by Crippen LogP contribution is -2.33. The van der Waals surface area contributed by atoms with Crippen molar-refractivity contribution < 1.29 is 9.59 Å². The summed E-state index contributed by atoms with van der Waals surface area (Å²) in [6.45, 7) is 7.91. The Labute approximate surface area is 202 Å². The summed E-state index contributed by atoms with van der Waals surface area (Å²) in [6, 6.07) is 7.85. The van der Waals surface area contributed by atoms with Crippen molar-refractivity contribution in [1.82, 2.24) is 4.90 Å². The van der Waals surface area contributed by atoms with E-state index in [1.807, 2.05) is 29.2 Å². The van der Waals surface area contributed by atoms with Crippen LogP contribution in [0.3, 0.4) is 0 Å². The molecule has 4 nitrogen and oxygen atoms in total. The van der Waals surface area contributed by atoms with E-state index >= 15 is 0 Å². The van der Waals surface area contributed by atoms with Crippen LogP contribution in [0, 0.1) is 5.92 Å². The largest absolute Gasteiger partial charge is 0.308 e. The van der Waals surface area contributed by atoms with E-state index in [0.29, 0.717) is 33.8 Å². The number of thioether (sulfide) groups is 1. The van der Waals surface area contributed by atoms with Crippen LogP contribution in [-0.4, -0.2) is 34.1 Å². The van der Waals surface area contributed by atoms with Crippen molar-refractivity contribution in [3.8, 4) is 0 Å². The average Bonchev–Trinajstić information content (AvgIpc) is 3.23. The first-order valence-electron chi connectivity index (χ1n) is 12.2. The molecule has 32 heavy (non-hydrogen) atoms. The minimum Gasteiger partial charge on any atom is -0.308 e. The van der Waals surface area contributed by atoms with Crippen molar-refractivity contribution in [3.63, 3.8) is 0 Å². The number of benzene rings is 1. The lowest BCUT2D eigenvalue weighted by Gasteiger charge is -2.21. The molecule has 2 heterocycles. The summed E-state index contributed by atoms with van der Waals surface area (Å²) >= 11 is 6.89. The van der Waals surface area contributed by atoms with Crippen molar-refractivity contribution in [2.45, 2.75) is 78.6 Å². The van der Waals surface area contributed by atoms with Gasteiger partial charge >= 0.3 is 0 Å². The van der Waals surface area contributed by atoms with Crippen LogP contribution in [0.2, 0.25) is 0 Å². The molecule has 3 rings (SSSR count). The molecule has 0 saturated carbocycles. The summed E-state index contributed by atoms with van der Waals surface area (Å²) in [5, 5.41) is 0. The summed E-state index contributed by atoms with van der Waals surface area (Å²) in [5.74, 6) is 0.283. The van der Waals surface area contributed by atoms with E-state index < -0.39 is 0 Å². The number of hydrogen-bond donors (Lipinski definition) is 0. The Morgan fingerprint density at radius 1 is 0.906 bits per heavy atom. The van der Waals surface area contributed by atoms with Gasteiger partial charge in [0, 0.05) is 18.7 Å². The van der Waals surface area contributed by atoms with Gasteiger partial charge in [-0.05, 0) is 24.8 Å². The van der Waals surface area contributed by atoms with Crippen LogP contribution in [0.1, 0.15) is 84.1 Å². The molecule has 0 bridgehead atoms. The number of thiocarbonyl (C=S) groups is 1. The van der Waals surface area contributed by atoms with Gasteiger partial charge in [-0.2, -0.15) is 0 Å². The minimum absolute atomic E-state index is 0.0554. The molecule has 0 aliphatic carbocycles. The number of unbranched alkanes of at least 4 members (excludes halogenated alkanes) is 5. The van der Waals surface area contributed by atoms with Crippen LogP contribution in [0.4, 0.5) is 5.69 Å². The zero-order valence-electron chi connectivity index (χ0n) is 19.7. The number of carbonyl (C=O) groups is 2. The number of anilines is 1. The van der Waals surface area contributed by atoms with Gasteiger partial charge in [-0.1, -0.05) is 108 Å². The van der Waals surface area contributed by atoms with Gasteiger partial charge < -0.3 is 4.90 Å². The Balaban J connectivity index is 1.82. The molecule has 1 fully saturated rings. The maximum Gasteiger partial charge on any atom is 0.267 e. The molecule has 6 heteroatoms. The topological polar surface area (TPSA) is 40.6 Å². The lowest BCUT2D eigenvalue weighted by molar-refractivity contribution is -0.123. The predicted molar refractivity (Wildman–Crippen MR) is 140 cm³/mol. The van der Waals surface area contributed by atoms with Gasteiger partial charge in [-0.15, -0.1) is 0 Å². The zero-order valence-corrected chi connectivity index (χ0v) is 21.3. The number of para-hydroxylation sites is 1. The Hall–Kier alpha value is -1.66. The van der Waals surface area contributed by atoms with Crippen molar-refractivity contribution in [1.29, 1.82) is 0 Å². The third-order valence-electron chi connectivity index (χ3n) is 6.47. The highest BCUT2D eigenvalue weighted by Crippen LogP contribution is 2.44. The third-order valence-corrected chi connectivity index (χ3v) is 7.92. The third kappa shape index (κ3) is 5.45. The average molecular weight is 473 g/mol. The van der Waals surface area contributed by atoms with Crippen LogP contribution < -0.4 is 4.90 Å². The molecule has 2 amide bonds. The van der Waals surface area contributed by atoms with E-state index in [9.17, 15) is 9.59 Å². The van der Waals surface area contributed by atoms with Crippen molar-refractivity contribution >= 4 is 51.4 Å². The Kier molecular flexibility index (Phi) is 9.35. The predicted octanol–water partition coefficient (Wildman–Crippen LogP) is 6.79. The Morgan fingerprint density at radius 2 is 1.62 bits per heavy atom. The van der Waals surface area contributed by atoms with Gasteiger partial charge in [-0.25, -0.2) is 0 Å². The van der Waals surface area contributed by atoms with E-state index in [-0.39, 0.29) is 11.8 Å². The zero-order chi connectivity index (χ0) is 23.1. The number of nitrogens with zero attached hydrogens (tertiary/aromatic N) is 2. The molecule has 174 valence electrons. The van der Waals surface area contributed by atoms with Crippen LogP contribution in [0.15, 0.2) is 29.2 Å². The smallest absolute Gasteiger partial charge is 0.267 e. The van der Waals surface area contributed by atoms with E-state index in [2.05, 4.69) is 20.8 Å². The number of carbonyl (C=O) groups excluding carboxylic acids is 2. The van der Waals surface area contributed by atoms with Crippen molar-refractivity contribution in [2.75, 3.05) is 18.0 Å². The highest BCUT2D eigenvalue weighted by atomic mass is 32.2. The van der Waals surface area contributed by atoms with Gasteiger partial charge in [0.2, 0.25) is 0 Å². The van der Waals surface area contributed by atoms with Crippen LogP contribution >= 0.6 is 24.0 Å². The molecule has 0 aromatic heterocycles. The van der Waals surface area contributed by atoms with Gasteiger partial charge in [0.05, 0.1) is 16.2 Å². The number of hydrogen-bond acceptors (Lipinski definition) is 4. The molecule has 1 aromatic rings. The number of rotatable bonds is 12. The monoisotopic (exact) mass is 472 g/mol. The molecule has 1 saturated heterocycles. The standard InChI is InChI=1S/C26H36N2O2S2/c1-4-7-9-10-13-17-27-21-16-12-11-15-20(21)22(24(27)29)23-25(30)28(26(31)32-23)18-19(6-3)14-8-5-2/h11-12,15-16,19H,4-10,13-14,17-18H2,1-3H3/b23-22+/t19-/m1/s1. The summed E-state index contributed by atoms with van der Waals surface area (Å²) in [7, 11) is 0. The number of fused-ring (bicyclic) bond motifs is 1. The van der Waals surface area contributed by atoms with E-state index in [0.717, 1.165) is 49.8 Å². The molecule has 2 aliphatic rings. The first-order valence-corrected chi connectivity index (χ1v) is 13.4. The molecule has 2 aliphatic heterocycles. The SMILES string of the molecule is CCCCCCCN1C(=O)/C(=C2/SC(=S)N(C[C@H](CC)CCCC)C2=O)c2ccccc21. The van der Waals surface area contributed by atoms with Crippen LogP contribution in [0.25, 0.3) is 5.57 Å². The fraction of sp³-hybridized carbons (Fsp3) is 0.577. The second-order valence-electron chi connectivity index (χ2n) is 8.79. The fourth-order valence-corrected chi connectivity index (χ4v) is 5.82. The van der Waals surface area contributed by atoms with Gasteiger partial charge in [0.25, 0.3) is 11.8 Å². The molecule has 1 aromatic carbocycles. The fourth-order valence-electron chi connectivity index (χ4n) is 4.48. The molecule has 0 radical (unpaired) electrons. The second kappa shape index (κ2) is 12.0. The van der Waals surface area contributed by atoms with E-state index in [1.54, 1.807) is 4.90 Å². The van der Waals surface area contributed by atoms with E-state index in [4.69, 9.17) is 12.2 Å². The Morgan fingerprint density at radius 3 is 2.34 bits per heavy atom. The lowest BCUT2D eigenvalue weighted by atomic mass is 9.98. The first kappa shape index (κ1) is 25.0. The van der Waals surface area contributed by atoms with Crippen LogP contribution in [0.5, 0.6) is 0 Å². The van der Waals surface area contributed by atoms with Gasteiger partial charge in [0.15, 0.2) is 0 Å². The van der Waals surface area contributed by atoms with Crippen molar-refractivity contribution in [2.24, 2.45) is 5.92 Å². The quantitative estimate of drug-likeness (QED) is 0.191. The van der Waals surface area contributed by atoms with Crippen molar-refractivity contribution in [3.05, 3.63) is 34.7 Å². The van der Waals surface area contributed by atoms with Gasteiger partial charge in [-0.3, -0.25) is 14.5 Å². The summed E-state index contributed by atoms with van der Waals surface area (Å²) in [5.41, 5.74) is 2.32. The molecular weight excluding hydrogens is 436 g/mol. The molecular formula is C26H36N2O2S2. The highest BCUT2D eigenvalue weighted by Gasteiger charge is 2.42. The maximum atomic E-state index is 13.5. The highest BCUT2D eigenvalue weighted by molar-refractivity contribution is 8.26. The van der Waals surface area contributed by atoms with Gasteiger partial charge in [0.1, 0.15) is 4.32 Å². The first-order chi connectivity index (χ1) is 15.5.